The van der Waals surface area contributed by atoms with Gasteiger partial charge < -0.3 is 25.4 Å². The Balaban J connectivity index is 2.10. The van der Waals surface area contributed by atoms with Crippen molar-refractivity contribution >= 4 is 12.3 Å². The summed E-state index contributed by atoms with van der Waals surface area (Å²) < 4.78 is 0. The van der Waals surface area contributed by atoms with E-state index in [2.05, 4.69) is 5.32 Å². The van der Waals surface area contributed by atoms with Gasteiger partial charge in [-0.05, 0) is 74.0 Å². The summed E-state index contributed by atoms with van der Waals surface area (Å²) in [7, 11) is 1.88. The van der Waals surface area contributed by atoms with Gasteiger partial charge in [0.1, 0.15) is 17.8 Å². The molecule has 2 rings (SSSR count). The average molecular weight is 524 g/mol. The van der Waals surface area contributed by atoms with Crippen LogP contribution in [0.25, 0.3) is 0 Å². The van der Waals surface area contributed by atoms with Crippen LogP contribution in [0, 0.1) is 17.3 Å². The van der Waals surface area contributed by atoms with Crippen LogP contribution >= 0.6 is 0 Å². The van der Waals surface area contributed by atoms with Crippen molar-refractivity contribution in [3.63, 3.8) is 0 Å². The third kappa shape index (κ3) is 12.0. The van der Waals surface area contributed by atoms with E-state index in [0.717, 1.165) is 69.6 Å². The van der Waals surface area contributed by atoms with Crippen molar-refractivity contribution in [2.45, 2.75) is 71.1 Å². The van der Waals surface area contributed by atoms with E-state index < -0.39 is 11.4 Å². The number of aldehydes is 1. The smallest absolute Gasteiger partial charge is 0.327 e. The number of benzene rings is 2. The number of aliphatic carboxylic acids is 1. The molecule has 6 nitrogen and oxygen atoms in total. The van der Waals surface area contributed by atoms with Crippen LogP contribution in [0.3, 0.4) is 0 Å². The number of aromatic hydroxyl groups is 2. The lowest BCUT2D eigenvalue weighted by molar-refractivity contribution is -0.131. The first-order chi connectivity index (χ1) is 18.2. The van der Waals surface area contributed by atoms with Crippen molar-refractivity contribution < 1.29 is 24.9 Å². The lowest BCUT2D eigenvalue weighted by Crippen LogP contribution is -2.33. The lowest BCUT2D eigenvalue weighted by Gasteiger charge is -2.32. The minimum Gasteiger partial charge on any atom is -0.508 e. The molecule has 2 aromatic carbocycles. The van der Waals surface area contributed by atoms with Crippen molar-refractivity contribution in [3.8, 4) is 11.5 Å². The molecule has 0 spiro atoms. The average Bonchev–Trinajstić information content (AvgIpc) is 2.88. The summed E-state index contributed by atoms with van der Waals surface area (Å²) in [6, 6.07) is 14.6. The number of unbranched alkanes of at least 4 members (excludes halogenated alkanes) is 2. The number of carboxylic acids is 1. The van der Waals surface area contributed by atoms with Crippen LogP contribution in [0.15, 0.2) is 60.7 Å². The van der Waals surface area contributed by atoms with Gasteiger partial charge in [-0.2, -0.15) is 0 Å². The maximum absolute atomic E-state index is 11.4. The second-order valence-electron chi connectivity index (χ2n) is 10.8. The molecule has 0 heterocycles. The third-order valence-electron chi connectivity index (χ3n) is 7.33. The Morgan fingerprint density at radius 1 is 0.947 bits per heavy atom. The molecule has 0 aromatic heterocycles. The van der Waals surface area contributed by atoms with Gasteiger partial charge >= 0.3 is 5.97 Å². The van der Waals surface area contributed by atoms with Crippen molar-refractivity contribution in [3.05, 3.63) is 71.8 Å². The number of carbonyl (C=O) groups is 2. The molecular formula is C32H45NO5. The molecule has 0 aliphatic carbocycles. The molecule has 0 amide bonds. The normalized spacial score (nSPS) is 14.7. The van der Waals surface area contributed by atoms with Crippen LogP contribution in [-0.2, 0) is 22.4 Å². The summed E-state index contributed by atoms with van der Waals surface area (Å²) in [5, 5.41) is 32.3. The maximum atomic E-state index is 11.4. The largest absolute Gasteiger partial charge is 0.508 e. The number of rotatable bonds is 19. The third-order valence-corrected chi connectivity index (χ3v) is 7.33. The van der Waals surface area contributed by atoms with Crippen molar-refractivity contribution in [1.29, 1.82) is 0 Å². The number of carboxylic acid groups (broad SMARTS) is 1. The number of hydrogen-bond acceptors (Lipinski definition) is 5. The molecule has 2 aromatic rings. The SMILES string of the molecule is CNC[C@](/C=C/C(=O)O)(CCC[C@H](CCCCC[C@@H](C)C=O)Cc1ccc(O)cc1)Cc1cccc(O)c1. The summed E-state index contributed by atoms with van der Waals surface area (Å²) in [6.07, 6.45) is 13.7. The first-order valence-electron chi connectivity index (χ1n) is 13.8. The predicted molar refractivity (Wildman–Crippen MR) is 152 cm³/mol. The highest BCUT2D eigenvalue weighted by Gasteiger charge is 2.28. The minimum atomic E-state index is -0.963. The first-order valence-corrected chi connectivity index (χ1v) is 13.8. The Morgan fingerprint density at radius 2 is 1.66 bits per heavy atom. The standard InChI is InChI=1S/C32H45NO5/c1-25(23-34)8-4-3-5-9-26(20-27-13-15-29(35)16-14-27)11-7-18-32(24-33-2,19-17-31(37)38)22-28-10-6-12-30(36)21-28/h6,10,12-17,19,21,23,25-26,33,35-36H,3-5,7-9,11,18,20,22,24H2,1-2H3,(H,37,38)/b19-17+/t25-,26+,32+/m1/s1. The lowest BCUT2D eigenvalue weighted by atomic mass is 9.75. The van der Waals surface area contributed by atoms with Gasteiger partial charge in [0.15, 0.2) is 0 Å². The number of carbonyl (C=O) groups excluding carboxylic acids is 1. The monoisotopic (exact) mass is 523 g/mol. The van der Waals surface area contributed by atoms with Gasteiger partial charge in [0.25, 0.3) is 0 Å². The Labute approximate surface area is 227 Å². The number of phenolic OH excluding ortho intramolecular Hbond substituents is 2. The highest BCUT2D eigenvalue weighted by atomic mass is 16.4. The molecular weight excluding hydrogens is 478 g/mol. The molecule has 3 atom stereocenters. The molecule has 0 saturated heterocycles. The van der Waals surface area contributed by atoms with Crippen LogP contribution in [0.1, 0.15) is 69.4 Å². The molecule has 4 N–H and O–H groups in total. The van der Waals surface area contributed by atoms with E-state index in [1.807, 2.05) is 44.3 Å². The van der Waals surface area contributed by atoms with E-state index >= 15 is 0 Å². The molecule has 0 radical (unpaired) electrons. The second-order valence-corrected chi connectivity index (χ2v) is 10.8. The van der Waals surface area contributed by atoms with Gasteiger partial charge in [0.2, 0.25) is 0 Å². The van der Waals surface area contributed by atoms with E-state index in [1.54, 1.807) is 24.3 Å². The molecule has 0 aliphatic rings. The van der Waals surface area contributed by atoms with Crippen LogP contribution < -0.4 is 5.32 Å². The van der Waals surface area contributed by atoms with Gasteiger partial charge in [0.05, 0.1) is 0 Å². The molecule has 0 bridgehead atoms. The topological polar surface area (TPSA) is 107 Å². The van der Waals surface area contributed by atoms with Gasteiger partial charge in [-0.25, -0.2) is 4.79 Å². The highest BCUT2D eigenvalue weighted by Crippen LogP contribution is 2.34. The fourth-order valence-electron chi connectivity index (χ4n) is 5.31. The van der Waals surface area contributed by atoms with E-state index in [1.165, 1.54) is 11.6 Å². The van der Waals surface area contributed by atoms with Gasteiger partial charge in [-0.3, -0.25) is 0 Å². The van der Waals surface area contributed by atoms with Crippen LogP contribution in [0.2, 0.25) is 0 Å². The second kappa shape index (κ2) is 16.7. The molecule has 38 heavy (non-hydrogen) atoms. The summed E-state index contributed by atoms with van der Waals surface area (Å²) in [6.45, 7) is 2.59. The van der Waals surface area contributed by atoms with Crippen molar-refractivity contribution in [2.24, 2.45) is 17.3 Å². The van der Waals surface area contributed by atoms with Gasteiger partial charge in [0, 0.05) is 24.0 Å². The Kier molecular flexibility index (Phi) is 13.6. The predicted octanol–water partition coefficient (Wildman–Crippen LogP) is 6.30. The van der Waals surface area contributed by atoms with Crippen LogP contribution in [-0.4, -0.2) is 41.2 Å². The first kappa shape index (κ1) is 31.1. The van der Waals surface area contributed by atoms with Crippen LogP contribution in [0.5, 0.6) is 11.5 Å². The summed E-state index contributed by atoms with van der Waals surface area (Å²) in [5.41, 5.74) is 1.78. The molecule has 0 saturated carbocycles. The Bertz CT molecular complexity index is 1000. The van der Waals surface area contributed by atoms with Crippen LogP contribution in [0.4, 0.5) is 0 Å². The summed E-state index contributed by atoms with van der Waals surface area (Å²) in [4.78, 5) is 22.3. The van der Waals surface area contributed by atoms with Crippen molar-refractivity contribution in [2.75, 3.05) is 13.6 Å². The number of nitrogens with one attached hydrogen (secondary N) is 1. The minimum absolute atomic E-state index is 0.119. The Morgan fingerprint density at radius 3 is 2.32 bits per heavy atom. The number of phenols is 2. The molecule has 0 unspecified atom stereocenters. The fourth-order valence-corrected chi connectivity index (χ4v) is 5.31. The molecule has 6 heteroatoms. The highest BCUT2D eigenvalue weighted by molar-refractivity contribution is 5.79. The van der Waals surface area contributed by atoms with Gasteiger partial charge in [-0.15, -0.1) is 0 Å². The van der Waals surface area contributed by atoms with E-state index in [9.17, 15) is 24.9 Å². The summed E-state index contributed by atoms with van der Waals surface area (Å²) >= 11 is 0. The zero-order valence-electron chi connectivity index (χ0n) is 22.9. The fraction of sp³-hybridized carbons (Fsp3) is 0.500. The van der Waals surface area contributed by atoms with E-state index in [4.69, 9.17) is 0 Å². The number of hydrogen-bond donors (Lipinski definition) is 4. The molecule has 0 aliphatic heterocycles. The molecule has 0 fully saturated rings. The quantitative estimate of drug-likeness (QED) is 0.0978. The summed E-state index contributed by atoms with van der Waals surface area (Å²) in [5.74, 6) is 0.103. The van der Waals surface area contributed by atoms with Crippen molar-refractivity contribution in [1.82, 2.24) is 5.32 Å². The zero-order valence-corrected chi connectivity index (χ0v) is 22.9. The van der Waals surface area contributed by atoms with E-state index in [0.29, 0.717) is 18.9 Å². The van der Waals surface area contributed by atoms with E-state index in [-0.39, 0.29) is 17.4 Å². The molecule has 208 valence electrons. The zero-order chi connectivity index (χ0) is 27.8. The van der Waals surface area contributed by atoms with Gasteiger partial charge in [-0.1, -0.05) is 75.8 Å². The Hall–Kier alpha value is -3.12. The maximum Gasteiger partial charge on any atom is 0.327 e.